The van der Waals surface area contributed by atoms with Crippen LogP contribution in [-0.4, -0.2) is 21.1 Å². The SMILES string of the molecule is Clc1cccc2c1OC1C=CC=C(C3=C(c4nc(C5=Cc6oc7ccccc7c6CC5)nc(-c5ccccc5)n4)C=CCC3)C21. The van der Waals surface area contributed by atoms with Gasteiger partial charge in [-0.2, -0.15) is 0 Å². The number of aryl methyl sites for hydroxylation is 1. The van der Waals surface area contributed by atoms with Crippen LogP contribution in [0.1, 0.15) is 53.7 Å². The second-order valence-electron chi connectivity index (χ2n) is 11.8. The third kappa shape index (κ3) is 4.41. The number of fused-ring (bicyclic) bond motifs is 6. The fourth-order valence-electron chi connectivity index (χ4n) is 7.12. The van der Waals surface area contributed by atoms with Gasteiger partial charge in [-0.15, -0.1) is 0 Å². The van der Waals surface area contributed by atoms with Gasteiger partial charge in [0.05, 0.1) is 10.9 Å². The number of allylic oxidation sites excluding steroid dienone is 7. The number of rotatable bonds is 4. The quantitative estimate of drug-likeness (QED) is 0.204. The molecule has 3 aliphatic carbocycles. The van der Waals surface area contributed by atoms with E-state index in [0.717, 1.165) is 65.0 Å². The summed E-state index contributed by atoms with van der Waals surface area (Å²) in [6.07, 6.45) is 16.4. The molecule has 5 nitrogen and oxygen atoms in total. The van der Waals surface area contributed by atoms with E-state index in [1.807, 2.05) is 42.5 Å². The summed E-state index contributed by atoms with van der Waals surface area (Å²) >= 11 is 6.58. The molecule has 3 heterocycles. The Bertz CT molecular complexity index is 2170. The van der Waals surface area contributed by atoms with Gasteiger partial charge in [0.15, 0.2) is 17.5 Å². The lowest BCUT2D eigenvalue weighted by Gasteiger charge is -2.27. The second-order valence-corrected chi connectivity index (χ2v) is 12.2. The molecule has 0 saturated heterocycles. The highest BCUT2D eigenvalue weighted by molar-refractivity contribution is 6.32. The highest BCUT2D eigenvalue weighted by Gasteiger charge is 2.39. The molecule has 3 aromatic carbocycles. The Morgan fingerprint density at radius 3 is 2.58 bits per heavy atom. The Morgan fingerprint density at radius 2 is 1.64 bits per heavy atom. The molecule has 9 rings (SSSR count). The molecule has 2 aromatic heterocycles. The van der Waals surface area contributed by atoms with Crippen molar-refractivity contribution in [3.05, 3.63) is 148 Å². The molecular weight excluding hydrogens is 578 g/mol. The average molecular weight is 606 g/mol. The van der Waals surface area contributed by atoms with Crippen LogP contribution >= 0.6 is 11.6 Å². The number of ether oxygens (including phenoxy) is 1. The first-order valence-corrected chi connectivity index (χ1v) is 15.9. The maximum Gasteiger partial charge on any atom is 0.164 e. The van der Waals surface area contributed by atoms with E-state index >= 15 is 0 Å². The molecule has 0 radical (unpaired) electrons. The highest BCUT2D eigenvalue weighted by atomic mass is 35.5. The van der Waals surface area contributed by atoms with Gasteiger partial charge in [0.1, 0.15) is 23.2 Å². The molecule has 1 aliphatic heterocycles. The van der Waals surface area contributed by atoms with Crippen molar-refractivity contribution in [1.82, 2.24) is 15.0 Å². The van der Waals surface area contributed by atoms with Crippen LogP contribution in [0, 0.1) is 0 Å². The predicted octanol–water partition coefficient (Wildman–Crippen LogP) is 9.57. The number of hydrogen-bond acceptors (Lipinski definition) is 5. The van der Waals surface area contributed by atoms with E-state index in [1.165, 1.54) is 22.1 Å². The fraction of sp³-hybridized carbons (Fsp3) is 0.154. The normalized spacial score (nSPS) is 19.9. The summed E-state index contributed by atoms with van der Waals surface area (Å²) in [5.41, 5.74) is 8.79. The topological polar surface area (TPSA) is 61.0 Å². The van der Waals surface area contributed by atoms with Gasteiger partial charge < -0.3 is 9.15 Å². The van der Waals surface area contributed by atoms with Crippen molar-refractivity contribution in [3.8, 4) is 17.1 Å². The van der Waals surface area contributed by atoms with E-state index in [1.54, 1.807) is 0 Å². The van der Waals surface area contributed by atoms with E-state index < -0.39 is 0 Å². The zero-order valence-corrected chi connectivity index (χ0v) is 25.2. The lowest BCUT2D eigenvalue weighted by atomic mass is 9.77. The Balaban J connectivity index is 1.21. The van der Waals surface area contributed by atoms with E-state index in [9.17, 15) is 0 Å². The molecule has 2 atom stereocenters. The third-order valence-corrected chi connectivity index (χ3v) is 9.52. The van der Waals surface area contributed by atoms with Crippen molar-refractivity contribution in [1.29, 1.82) is 0 Å². The predicted molar refractivity (Wildman–Crippen MR) is 179 cm³/mol. The number of nitrogens with zero attached hydrogens (tertiary/aromatic N) is 3. The first-order chi connectivity index (χ1) is 22.2. The van der Waals surface area contributed by atoms with E-state index in [-0.39, 0.29) is 12.0 Å². The van der Waals surface area contributed by atoms with Crippen LogP contribution in [0.2, 0.25) is 5.02 Å². The maximum atomic E-state index is 6.58. The molecule has 2 unspecified atom stereocenters. The van der Waals surface area contributed by atoms with Crippen LogP contribution in [0.4, 0.5) is 0 Å². The Hall–Kier alpha value is -5.00. The molecule has 0 spiro atoms. The molecule has 4 aliphatic rings. The largest absolute Gasteiger partial charge is 0.483 e. The third-order valence-electron chi connectivity index (χ3n) is 9.22. The lowest BCUT2D eigenvalue weighted by Crippen LogP contribution is -2.22. The van der Waals surface area contributed by atoms with Crippen molar-refractivity contribution in [2.75, 3.05) is 0 Å². The van der Waals surface area contributed by atoms with Crippen molar-refractivity contribution < 1.29 is 9.15 Å². The van der Waals surface area contributed by atoms with E-state index in [4.69, 9.17) is 35.7 Å². The first kappa shape index (κ1) is 26.4. The second kappa shape index (κ2) is 10.6. The van der Waals surface area contributed by atoms with Crippen molar-refractivity contribution >= 4 is 39.8 Å². The fourth-order valence-corrected chi connectivity index (χ4v) is 7.35. The molecule has 5 aromatic rings. The summed E-state index contributed by atoms with van der Waals surface area (Å²) in [6.45, 7) is 0. The maximum absolute atomic E-state index is 6.58. The van der Waals surface area contributed by atoms with E-state index in [0.29, 0.717) is 22.5 Å². The molecule has 45 heavy (non-hydrogen) atoms. The van der Waals surface area contributed by atoms with Gasteiger partial charge in [0.2, 0.25) is 0 Å². The van der Waals surface area contributed by atoms with Crippen LogP contribution in [0.25, 0.3) is 39.6 Å². The summed E-state index contributed by atoms with van der Waals surface area (Å²) in [6, 6.07) is 24.4. The van der Waals surface area contributed by atoms with Gasteiger partial charge >= 0.3 is 0 Å². The standard InChI is InChI=1S/C39H28ClN3O2/c40-31-17-8-16-30-35-28(15-9-19-33(35)45-36(30)31)25-12-4-5-14-29(25)39-42-37(23-10-2-1-3-11-23)41-38(43-39)24-20-21-27-26-13-6-7-18-32(26)44-34(27)22-24/h1-3,5-11,13-19,22,33,35H,4,12,20-21H2. The summed E-state index contributed by atoms with van der Waals surface area (Å²) in [5.74, 6) is 3.76. The molecular formula is C39H28ClN3O2. The summed E-state index contributed by atoms with van der Waals surface area (Å²) in [7, 11) is 0. The number of para-hydroxylation sites is 2. The van der Waals surface area contributed by atoms with Gasteiger partial charge in [-0.25, -0.2) is 15.0 Å². The smallest absolute Gasteiger partial charge is 0.164 e. The zero-order valence-electron chi connectivity index (χ0n) is 24.4. The van der Waals surface area contributed by atoms with E-state index in [2.05, 4.69) is 66.8 Å². The molecule has 0 amide bonds. The van der Waals surface area contributed by atoms with Crippen LogP contribution < -0.4 is 4.74 Å². The zero-order chi connectivity index (χ0) is 29.9. The van der Waals surface area contributed by atoms with Crippen LogP contribution in [0.5, 0.6) is 5.75 Å². The lowest BCUT2D eigenvalue weighted by molar-refractivity contribution is 0.265. The molecule has 0 N–H and O–H groups in total. The average Bonchev–Trinajstić information content (AvgIpc) is 3.67. The monoisotopic (exact) mass is 605 g/mol. The molecule has 0 saturated carbocycles. The van der Waals surface area contributed by atoms with Gasteiger partial charge in [-0.05, 0) is 61.1 Å². The minimum absolute atomic E-state index is 0.0580. The van der Waals surface area contributed by atoms with Crippen LogP contribution in [0.3, 0.4) is 0 Å². The minimum Gasteiger partial charge on any atom is -0.483 e. The molecule has 218 valence electrons. The van der Waals surface area contributed by atoms with Crippen molar-refractivity contribution in [2.45, 2.75) is 37.7 Å². The molecule has 0 bridgehead atoms. The van der Waals surface area contributed by atoms with Crippen molar-refractivity contribution in [2.24, 2.45) is 0 Å². The summed E-state index contributed by atoms with van der Waals surface area (Å²) in [5, 5.41) is 1.83. The number of furan rings is 1. The van der Waals surface area contributed by atoms with Crippen molar-refractivity contribution in [3.63, 3.8) is 0 Å². The van der Waals surface area contributed by atoms with Crippen LogP contribution in [0.15, 0.2) is 119 Å². The first-order valence-electron chi connectivity index (χ1n) is 15.5. The number of benzene rings is 3. The molecule has 0 fully saturated rings. The van der Waals surface area contributed by atoms with Crippen LogP contribution in [-0.2, 0) is 6.42 Å². The highest BCUT2D eigenvalue weighted by Crippen LogP contribution is 2.51. The number of aromatic nitrogens is 3. The number of hydrogen-bond donors (Lipinski definition) is 0. The van der Waals surface area contributed by atoms with Gasteiger partial charge in [-0.3, -0.25) is 0 Å². The Kier molecular flexibility index (Phi) is 6.20. The summed E-state index contributed by atoms with van der Waals surface area (Å²) in [4.78, 5) is 15.3. The Labute approximate surface area is 266 Å². The van der Waals surface area contributed by atoms with Gasteiger partial charge in [0.25, 0.3) is 0 Å². The number of halogens is 1. The Morgan fingerprint density at radius 1 is 0.800 bits per heavy atom. The summed E-state index contributed by atoms with van der Waals surface area (Å²) < 4.78 is 12.6. The minimum atomic E-state index is -0.0984. The van der Waals surface area contributed by atoms with Gasteiger partial charge in [-0.1, -0.05) is 96.6 Å². The molecule has 6 heteroatoms. The van der Waals surface area contributed by atoms with Gasteiger partial charge in [0, 0.05) is 33.2 Å².